The van der Waals surface area contributed by atoms with E-state index >= 15 is 0 Å². The molecule has 8 heteroatoms. The van der Waals surface area contributed by atoms with Crippen LogP contribution in [-0.2, 0) is 0 Å². The number of ether oxygens (including phenoxy) is 1. The number of methoxy groups -OCH3 is 1. The summed E-state index contributed by atoms with van der Waals surface area (Å²) in [6, 6.07) is 6.55. The van der Waals surface area contributed by atoms with Crippen LogP contribution >= 0.6 is 0 Å². The molecule has 36 heavy (non-hydrogen) atoms. The summed E-state index contributed by atoms with van der Waals surface area (Å²) in [5, 5.41) is 4.32. The lowest BCUT2D eigenvalue weighted by Crippen LogP contribution is -2.39. The summed E-state index contributed by atoms with van der Waals surface area (Å²) < 4.78 is 9.35. The van der Waals surface area contributed by atoms with Gasteiger partial charge in [-0.2, -0.15) is 5.10 Å². The zero-order valence-corrected chi connectivity index (χ0v) is 22.1. The van der Waals surface area contributed by atoms with Gasteiger partial charge in [0, 0.05) is 37.4 Å². The summed E-state index contributed by atoms with van der Waals surface area (Å²) in [5.41, 5.74) is 5.79. The van der Waals surface area contributed by atoms with E-state index in [-0.39, 0.29) is 17.6 Å². The quantitative estimate of drug-likeness (QED) is 0.365. The predicted molar refractivity (Wildman–Crippen MR) is 144 cm³/mol. The SMILES string of the molecule is CCC(CC)CN1CCC(n2c(=O)[nH]c3cc(-c4cc(OC)c5ncnn5c4)c(C(C)C)cc32)CC1. The van der Waals surface area contributed by atoms with Crippen molar-refractivity contribution in [1.29, 1.82) is 0 Å². The lowest BCUT2D eigenvalue weighted by Gasteiger charge is -2.34. The molecule has 0 amide bonds. The third-order valence-corrected chi connectivity index (χ3v) is 7.98. The molecule has 1 aliphatic heterocycles. The van der Waals surface area contributed by atoms with Crippen molar-refractivity contribution in [2.24, 2.45) is 5.92 Å². The minimum absolute atomic E-state index is 0.0143. The van der Waals surface area contributed by atoms with Crippen molar-refractivity contribution in [2.45, 2.75) is 65.3 Å². The van der Waals surface area contributed by atoms with Crippen LogP contribution in [0.2, 0.25) is 0 Å². The van der Waals surface area contributed by atoms with E-state index in [9.17, 15) is 4.79 Å². The Morgan fingerprint density at radius 3 is 2.56 bits per heavy atom. The number of hydrogen-bond acceptors (Lipinski definition) is 5. The van der Waals surface area contributed by atoms with E-state index in [4.69, 9.17) is 4.74 Å². The standard InChI is InChI=1S/C28H38N6O2/c1-6-19(7-2)15-32-10-8-21(9-11-32)34-25-14-22(18(3)4)23(13-24(25)31-28(34)35)20-12-26(36-5)27-29-17-30-33(27)16-20/h12-14,16-19,21H,6-11,15H2,1-5H3,(H,31,35). The van der Waals surface area contributed by atoms with Gasteiger partial charge in [0.2, 0.25) is 0 Å². The van der Waals surface area contributed by atoms with Gasteiger partial charge in [-0.3, -0.25) is 4.57 Å². The molecule has 5 rings (SSSR count). The van der Waals surface area contributed by atoms with Crippen molar-refractivity contribution in [3.05, 3.63) is 46.8 Å². The molecule has 1 aliphatic rings. The first kappa shape index (κ1) is 24.6. The molecule has 0 bridgehead atoms. The highest BCUT2D eigenvalue weighted by atomic mass is 16.5. The van der Waals surface area contributed by atoms with Crippen molar-refractivity contribution in [2.75, 3.05) is 26.7 Å². The molecule has 1 aromatic carbocycles. The number of imidazole rings is 1. The molecule has 1 fully saturated rings. The first-order valence-electron chi connectivity index (χ1n) is 13.3. The average molecular weight is 491 g/mol. The van der Waals surface area contributed by atoms with Gasteiger partial charge in [0.1, 0.15) is 6.33 Å². The Morgan fingerprint density at radius 2 is 1.89 bits per heavy atom. The Bertz CT molecular complexity index is 1400. The Hall–Kier alpha value is -3.13. The molecule has 0 saturated carbocycles. The van der Waals surface area contributed by atoms with Crippen LogP contribution in [0.1, 0.15) is 70.9 Å². The fraction of sp³-hybridized carbons (Fsp3) is 0.536. The van der Waals surface area contributed by atoms with E-state index in [1.807, 2.05) is 16.8 Å². The number of likely N-dealkylation sites (tertiary alicyclic amines) is 1. The smallest absolute Gasteiger partial charge is 0.326 e. The van der Waals surface area contributed by atoms with E-state index in [0.717, 1.165) is 54.0 Å². The number of fused-ring (bicyclic) bond motifs is 2. The second-order valence-corrected chi connectivity index (χ2v) is 10.5. The number of nitrogens with zero attached hydrogens (tertiary/aromatic N) is 5. The average Bonchev–Trinajstić information content (AvgIpc) is 3.49. The van der Waals surface area contributed by atoms with Crippen LogP contribution in [0.4, 0.5) is 0 Å². The number of aromatic nitrogens is 5. The Labute approximate surface area is 212 Å². The van der Waals surface area contributed by atoms with Gasteiger partial charge in [0.05, 0.1) is 18.1 Å². The zero-order chi connectivity index (χ0) is 25.4. The zero-order valence-electron chi connectivity index (χ0n) is 22.1. The van der Waals surface area contributed by atoms with E-state index in [1.165, 1.54) is 31.3 Å². The van der Waals surface area contributed by atoms with Gasteiger partial charge in [-0.15, -0.1) is 0 Å². The van der Waals surface area contributed by atoms with E-state index in [0.29, 0.717) is 11.4 Å². The van der Waals surface area contributed by atoms with Crippen LogP contribution in [0.3, 0.4) is 0 Å². The number of H-pyrrole nitrogens is 1. The predicted octanol–water partition coefficient (Wildman–Crippen LogP) is 5.24. The molecular formula is C28H38N6O2. The number of hydrogen-bond donors (Lipinski definition) is 1. The second-order valence-electron chi connectivity index (χ2n) is 10.5. The summed E-state index contributed by atoms with van der Waals surface area (Å²) in [5.74, 6) is 1.72. The summed E-state index contributed by atoms with van der Waals surface area (Å²) in [6.07, 6.45) is 7.98. The third kappa shape index (κ3) is 4.43. The largest absolute Gasteiger partial charge is 0.493 e. The normalized spacial score (nSPS) is 15.6. The molecule has 3 aromatic heterocycles. The number of rotatable bonds is 8. The van der Waals surface area contributed by atoms with Crippen molar-refractivity contribution in [3.8, 4) is 16.9 Å². The molecule has 8 nitrogen and oxygen atoms in total. The van der Waals surface area contributed by atoms with Gasteiger partial charge >= 0.3 is 5.69 Å². The maximum Gasteiger partial charge on any atom is 0.326 e. The van der Waals surface area contributed by atoms with Crippen molar-refractivity contribution in [1.82, 2.24) is 29.0 Å². The van der Waals surface area contributed by atoms with Gasteiger partial charge in [-0.25, -0.2) is 14.3 Å². The molecule has 0 aliphatic carbocycles. The molecule has 4 heterocycles. The fourth-order valence-electron chi connectivity index (χ4n) is 5.74. The Morgan fingerprint density at radius 1 is 1.14 bits per heavy atom. The maximum atomic E-state index is 13.2. The summed E-state index contributed by atoms with van der Waals surface area (Å²) in [7, 11) is 1.65. The Balaban J connectivity index is 1.51. The third-order valence-electron chi connectivity index (χ3n) is 7.98. The van der Waals surface area contributed by atoms with Gasteiger partial charge < -0.3 is 14.6 Å². The van der Waals surface area contributed by atoms with Crippen molar-refractivity contribution in [3.63, 3.8) is 0 Å². The Kier molecular flexibility index (Phi) is 6.88. The molecule has 4 aromatic rings. The molecule has 0 atom stereocenters. The number of aromatic amines is 1. The van der Waals surface area contributed by atoms with Crippen LogP contribution in [0, 0.1) is 5.92 Å². The van der Waals surface area contributed by atoms with Gasteiger partial charge in [0.25, 0.3) is 0 Å². The number of piperidine rings is 1. The van der Waals surface area contributed by atoms with Gasteiger partial charge in [-0.05, 0) is 54.0 Å². The van der Waals surface area contributed by atoms with E-state index in [2.05, 4.69) is 59.8 Å². The minimum Gasteiger partial charge on any atom is -0.493 e. The highest BCUT2D eigenvalue weighted by Gasteiger charge is 2.26. The summed E-state index contributed by atoms with van der Waals surface area (Å²) in [6.45, 7) is 12.2. The van der Waals surface area contributed by atoms with E-state index < -0.39 is 0 Å². The minimum atomic E-state index is -0.0143. The van der Waals surface area contributed by atoms with Crippen LogP contribution in [-0.4, -0.2) is 55.8 Å². The van der Waals surface area contributed by atoms with Crippen molar-refractivity contribution < 1.29 is 4.74 Å². The molecule has 192 valence electrons. The van der Waals surface area contributed by atoms with E-state index in [1.54, 1.807) is 11.6 Å². The molecule has 1 saturated heterocycles. The monoisotopic (exact) mass is 490 g/mol. The second kappa shape index (κ2) is 10.1. The summed E-state index contributed by atoms with van der Waals surface area (Å²) in [4.78, 5) is 23.2. The molecule has 0 spiro atoms. The first-order chi connectivity index (χ1) is 17.4. The number of pyridine rings is 1. The lowest BCUT2D eigenvalue weighted by molar-refractivity contribution is 0.159. The molecule has 0 unspecified atom stereocenters. The van der Waals surface area contributed by atoms with Crippen molar-refractivity contribution >= 4 is 16.7 Å². The number of benzene rings is 1. The van der Waals surface area contributed by atoms with Crippen LogP contribution in [0.15, 0.2) is 35.5 Å². The summed E-state index contributed by atoms with van der Waals surface area (Å²) >= 11 is 0. The highest BCUT2D eigenvalue weighted by molar-refractivity contribution is 5.85. The van der Waals surface area contributed by atoms with Gasteiger partial charge in [0.15, 0.2) is 11.4 Å². The molecular weight excluding hydrogens is 452 g/mol. The fourth-order valence-corrected chi connectivity index (χ4v) is 5.74. The maximum absolute atomic E-state index is 13.2. The van der Waals surface area contributed by atoms with Crippen LogP contribution in [0.5, 0.6) is 5.75 Å². The van der Waals surface area contributed by atoms with Crippen LogP contribution in [0.25, 0.3) is 27.8 Å². The topological polar surface area (TPSA) is 80.5 Å². The molecule has 0 radical (unpaired) electrons. The highest BCUT2D eigenvalue weighted by Crippen LogP contribution is 2.36. The number of nitrogens with one attached hydrogen (secondary N) is 1. The van der Waals surface area contributed by atoms with Gasteiger partial charge in [-0.1, -0.05) is 40.5 Å². The lowest BCUT2D eigenvalue weighted by atomic mass is 9.92. The molecule has 1 N–H and O–H groups in total. The van der Waals surface area contributed by atoms with Crippen LogP contribution < -0.4 is 10.4 Å². The first-order valence-corrected chi connectivity index (χ1v) is 13.3.